The molecule has 1 saturated heterocycles. The quantitative estimate of drug-likeness (QED) is 0.761. The van der Waals surface area contributed by atoms with Gasteiger partial charge in [-0.25, -0.2) is 4.79 Å². The standard InChI is InChI=1S/C11H20N2O3S/c1-3-4-9-13(10(14)7(2)5-12)8(6-17-9)11(15)16/h7-9H,3-6,12H2,1-2H3,(H,15,16). The van der Waals surface area contributed by atoms with Gasteiger partial charge in [0.25, 0.3) is 0 Å². The van der Waals surface area contributed by atoms with Crippen LogP contribution in [0.1, 0.15) is 26.7 Å². The summed E-state index contributed by atoms with van der Waals surface area (Å²) >= 11 is 1.55. The van der Waals surface area contributed by atoms with Crippen molar-refractivity contribution in [3.8, 4) is 0 Å². The highest BCUT2D eigenvalue weighted by molar-refractivity contribution is 8.00. The SMILES string of the molecule is CCCC1SCC(C(=O)O)N1C(=O)C(C)CN. The maximum atomic E-state index is 12.1. The zero-order valence-corrected chi connectivity index (χ0v) is 11.1. The number of thioether (sulfide) groups is 1. The van der Waals surface area contributed by atoms with Crippen LogP contribution in [0.4, 0.5) is 0 Å². The highest BCUT2D eigenvalue weighted by Crippen LogP contribution is 2.33. The van der Waals surface area contributed by atoms with Crippen LogP contribution in [0, 0.1) is 5.92 Å². The number of rotatable bonds is 5. The first-order chi connectivity index (χ1) is 8.02. The topological polar surface area (TPSA) is 83.6 Å². The predicted octanol–water partition coefficient (Wildman–Crippen LogP) is 0.736. The Bertz CT molecular complexity index is 298. The molecule has 1 rings (SSSR count). The summed E-state index contributed by atoms with van der Waals surface area (Å²) < 4.78 is 0. The minimum Gasteiger partial charge on any atom is -0.480 e. The Hall–Kier alpha value is -0.750. The Morgan fingerprint density at radius 2 is 2.24 bits per heavy atom. The molecule has 0 aromatic carbocycles. The number of amides is 1. The molecular weight excluding hydrogens is 240 g/mol. The minimum atomic E-state index is -0.923. The van der Waals surface area contributed by atoms with E-state index in [1.54, 1.807) is 18.7 Å². The van der Waals surface area contributed by atoms with Crippen molar-refractivity contribution >= 4 is 23.6 Å². The fourth-order valence-electron chi connectivity index (χ4n) is 1.87. The number of carbonyl (C=O) groups is 2. The van der Waals surface area contributed by atoms with Gasteiger partial charge in [-0.05, 0) is 6.42 Å². The lowest BCUT2D eigenvalue weighted by Crippen LogP contribution is -2.48. The Balaban J connectivity index is 2.85. The van der Waals surface area contributed by atoms with E-state index >= 15 is 0 Å². The third-order valence-electron chi connectivity index (χ3n) is 2.94. The molecule has 17 heavy (non-hydrogen) atoms. The van der Waals surface area contributed by atoms with Crippen molar-refractivity contribution in [3.05, 3.63) is 0 Å². The lowest BCUT2D eigenvalue weighted by atomic mass is 10.1. The van der Waals surface area contributed by atoms with Crippen LogP contribution in [-0.4, -0.2) is 45.6 Å². The van der Waals surface area contributed by atoms with Gasteiger partial charge in [0.2, 0.25) is 5.91 Å². The summed E-state index contributed by atoms with van der Waals surface area (Å²) in [7, 11) is 0. The summed E-state index contributed by atoms with van der Waals surface area (Å²) in [6, 6.07) is -0.696. The minimum absolute atomic E-state index is 0.0115. The van der Waals surface area contributed by atoms with E-state index in [0.29, 0.717) is 5.75 Å². The first-order valence-corrected chi connectivity index (χ1v) is 6.94. The van der Waals surface area contributed by atoms with E-state index in [1.807, 2.05) is 6.92 Å². The molecule has 3 atom stereocenters. The Morgan fingerprint density at radius 3 is 2.71 bits per heavy atom. The predicted molar refractivity (Wildman–Crippen MR) is 67.6 cm³/mol. The molecule has 3 N–H and O–H groups in total. The van der Waals surface area contributed by atoms with Gasteiger partial charge in [0, 0.05) is 18.2 Å². The summed E-state index contributed by atoms with van der Waals surface area (Å²) in [6.07, 6.45) is 1.77. The van der Waals surface area contributed by atoms with E-state index in [4.69, 9.17) is 10.8 Å². The molecular formula is C11H20N2O3S. The van der Waals surface area contributed by atoms with Crippen LogP contribution in [0.3, 0.4) is 0 Å². The molecule has 1 aliphatic heterocycles. The van der Waals surface area contributed by atoms with E-state index in [-0.39, 0.29) is 23.7 Å². The van der Waals surface area contributed by atoms with Crippen LogP contribution in [0.15, 0.2) is 0 Å². The maximum absolute atomic E-state index is 12.1. The molecule has 0 aromatic rings. The highest BCUT2D eigenvalue weighted by Gasteiger charge is 2.41. The van der Waals surface area contributed by atoms with Gasteiger partial charge < -0.3 is 15.7 Å². The number of hydrogen-bond acceptors (Lipinski definition) is 4. The lowest BCUT2D eigenvalue weighted by Gasteiger charge is -2.29. The van der Waals surface area contributed by atoms with Crippen LogP contribution >= 0.6 is 11.8 Å². The molecule has 6 heteroatoms. The molecule has 1 aliphatic rings. The number of carbonyl (C=O) groups excluding carboxylic acids is 1. The Labute approximate surface area is 106 Å². The normalized spacial score (nSPS) is 25.9. The molecule has 0 radical (unpaired) electrons. The van der Waals surface area contributed by atoms with Gasteiger partial charge >= 0.3 is 5.97 Å². The first-order valence-electron chi connectivity index (χ1n) is 5.89. The van der Waals surface area contributed by atoms with E-state index in [0.717, 1.165) is 12.8 Å². The number of hydrogen-bond donors (Lipinski definition) is 2. The fraction of sp³-hybridized carbons (Fsp3) is 0.818. The van der Waals surface area contributed by atoms with E-state index < -0.39 is 12.0 Å². The molecule has 5 nitrogen and oxygen atoms in total. The van der Waals surface area contributed by atoms with Crippen LogP contribution < -0.4 is 5.73 Å². The molecule has 0 aromatic heterocycles. The smallest absolute Gasteiger partial charge is 0.327 e. The van der Waals surface area contributed by atoms with Gasteiger partial charge in [-0.3, -0.25) is 4.79 Å². The Kier molecular flexibility index (Phi) is 5.27. The molecule has 1 fully saturated rings. The number of nitrogens with zero attached hydrogens (tertiary/aromatic N) is 1. The number of nitrogens with two attached hydrogens (primary N) is 1. The van der Waals surface area contributed by atoms with Crippen molar-refractivity contribution in [2.45, 2.75) is 38.1 Å². The Morgan fingerprint density at radius 1 is 1.59 bits per heavy atom. The fourth-order valence-corrected chi connectivity index (χ4v) is 3.40. The maximum Gasteiger partial charge on any atom is 0.327 e. The second kappa shape index (κ2) is 6.26. The first kappa shape index (κ1) is 14.3. The molecule has 1 amide bonds. The summed E-state index contributed by atoms with van der Waals surface area (Å²) in [4.78, 5) is 24.8. The molecule has 0 bridgehead atoms. The van der Waals surface area contributed by atoms with Gasteiger partial charge in [-0.2, -0.15) is 0 Å². The lowest BCUT2D eigenvalue weighted by molar-refractivity contribution is -0.150. The largest absolute Gasteiger partial charge is 0.480 e. The average Bonchev–Trinajstić information content (AvgIpc) is 2.71. The van der Waals surface area contributed by atoms with Gasteiger partial charge in [0.1, 0.15) is 6.04 Å². The van der Waals surface area contributed by atoms with E-state index in [2.05, 4.69) is 0 Å². The zero-order valence-electron chi connectivity index (χ0n) is 10.3. The third kappa shape index (κ3) is 3.13. The number of carboxylic acid groups (broad SMARTS) is 1. The van der Waals surface area contributed by atoms with Crippen molar-refractivity contribution in [2.24, 2.45) is 11.7 Å². The van der Waals surface area contributed by atoms with Crippen molar-refractivity contribution < 1.29 is 14.7 Å². The van der Waals surface area contributed by atoms with Crippen LogP contribution in [0.25, 0.3) is 0 Å². The summed E-state index contributed by atoms with van der Waals surface area (Å²) in [5, 5.41) is 9.12. The van der Waals surface area contributed by atoms with Crippen LogP contribution in [0.5, 0.6) is 0 Å². The van der Waals surface area contributed by atoms with E-state index in [9.17, 15) is 9.59 Å². The van der Waals surface area contributed by atoms with Crippen LogP contribution in [0.2, 0.25) is 0 Å². The highest BCUT2D eigenvalue weighted by atomic mass is 32.2. The van der Waals surface area contributed by atoms with Crippen molar-refractivity contribution in [2.75, 3.05) is 12.3 Å². The molecule has 3 unspecified atom stereocenters. The van der Waals surface area contributed by atoms with Gasteiger partial charge in [-0.15, -0.1) is 11.8 Å². The molecule has 0 spiro atoms. The summed E-state index contributed by atoms with van der Waals surface area (Å²) in [6.45, 7) is 4.03. The van der Waals surface area contributed by atoms with Crippen molar-refractivity contribution in [1.29, 1.82) is 0 Å². The summed E-state index contributed by atoms with van der Waals surface area (Å²) in [5.74, 6) is -0.893. The van der Waals surface area contributed by atoms with Gasteiger partial charge in [-0.1, -0.05) is 20.3 Å². The zero-order chi connectivity index (χ0) is 13.0. The van der Waals surface area contributed by atoms with Crippen molar-refractivity contribution in [1.82, 2.24) is 4.90 Å². The average molecular weight is 260 g/mol. The van der Waals surface area contributed by atoms with E-state index in [1.165, 1.54) is 4.90 Å². The van der Waals surface area contributed by atoms with Crippen molar-refractivity contribution in [3.63, 3.8) is 0 Å². The second-order valence-corrected chi connectivity index (χ2v) is 5.52. The summed E-state index contributed by atoms with van der Waals surface area (Å²) in [5.41, 5.74) is 5.48. The third-order valence-corrected chi connectivity index (χ3v) is 4.30. The molecule has 98 valence electrons. The number of aliphatic carboxylic acids is 1. The van der Waals surface area contributed by atoms with Gasteiger partial charge in [0.15, 0.2) is 0 Å². The molecule has 1 heterocycles. The van der Waals surface area contributed by atoms with Crippen LogP contribution in [-0.2, 0) is 9.59 Å². The molecule has 0 aliphatic carbocycles. The molecule has 0 saturated carbocycles. The van der Waals surface area contributed by atoms with Gasteiger partial charge in [0.05, 0.1) is 5.37 Å². The number of carboxylic acids is 1. The second-order valence-electron chi connectivity index (χ2n) is 4.31. The monoisotopic (exact) mass is 260 g/mol.